The monoisotopic (exact) mass is 290 g/mol. The van der Waals surface area contributed by atoms with Gasteiger partial charge in [0.1, 0.15) is 0 Å². The van der Waals surface area contributed by atoms with Crippen LogP contribution in [-0.2, 0) is 11.3 Å². The summed E-state index contributed by atoms with van der Waals surface area (Å²) in [5, 5.41) is 0. The molecular weight excluding hydrogens is 264 g/mol. The second-order valence-corrected chi connectivity index (χ2v) is 5.73. The van der Waals surface area contributed by atoms with Crippen molar-refractivity contribution in [1.29, 1.82) is 0 Å². The largest absolute Gasteiger partial charge is 0.399 e. The molecule has 1 aromatic rings. The summed E-state index contributed by atoms with van der Waals surface area (Å²) < 4.78 is 0. The van der Waals surface area contributed by atoms with Crippen LogP contribution < -0.4 is 5.73 Å². The third kappa shape index (κ3) is 4.72. The van der Waals surface area contributed by atoms with Crippen molar-refractivity contribution in [1.82, 2.24) is 14.7 Å². The van der Waals surface area contributed by atoms with Crippen LogP contribution in [0.4, 0.5) is 5.69 Å². The lowest BCUT2D eigenvalue weighted by Crippen LogP contribution is -2.50. The summed E-state index contributed by atoms with van der Waals surface area (Å²) in [6, 6.07) is 7.87. The zero-order valence-corrected chi connectivity index (χ0v) is 13.1. The Morgan fingerprint density at radius 3 is 2.38 bits per heavy atom. The van der Waals surface area contributed by atoms with Gasteiger partial charge in [0.05, 0.1) is 6.54 Å². The van der Waals surface area contributed by atoms with Gasteiger partial charge in [-0.05, 0) is 31.3 Å². The van der Waals surface area contributed by atoms with Gasteiger partial charge in [0.2, 0.25) is 5.91 Å². The highest BCUT2D eigenvalue weighted by Gasteiger charge is 2.20. The highest BCUT2D eigenvalue weighted by atomic mass is 16.2. The van der Waals surface area contributed by atoms with Gasteiger partial charge in [0.25, 0.3) is 0 Å². The molecule has 0 spiro atoms. The maximum absolute atomic E-state index is 12.4. The number of amides is 1. The molecule has 5 heteroatoms. The maximum Gasteiger partial charge on any atom is 0.236 e. The van der Waals surface area contributed by atoms with Gasteiger partial charge in [0, 0.05) is 38.4 Å². The van der Waals surface area contributed by atoms with Gasteiger partial charge in [-0.2, -0.15) is 0 Å². The molecule has 5 nitrogen and oxygen atoms in total. The predicted molar refractivity (Wildman–Crippen MR) is 85.9 cm³/mol. The highest BCUT2D eigenvalue weighted by Crippen LogP contribution is 2.09. The Kier molecular flexibility index (Phi) is 5.59. The van der Waals surface area contributed by atoms with Crippen LogP contribution in [0.15, 0.2) is 24.3 Å². The average molecular weight is 290 g/mol. The molecule has 0 radical (unpaired) electrons. The van der Waals surface area contributed by atoms with E-state index < -0.39 is 0 Å². The average Bonchev–Trinajstić information content (AvgIpc) is 2.49. The summed E-state index contributed by atoms with van der Waals surface area (Å²) in [5.74, 6) is 0.236. The van der Waals surface area contributed by atoms with E-state index >= 15 is 0 Å². The SMILES string of the molecule is CCN(CC(=O)N1CCN(C)CC1)Cc1ccc(N)cc1. The van der Waals surface area contributed by atoms with Gasteiger partial charge in [-0.1, -0.05) is 19.1 Å². The molecular formula is C16H26N4O. The molecule has 0 atom stereocenters. The van der Waals surface area contributed by atoms with E-state index in [9.17, 15) is 4.79 Å². The van der Waals surface area contributed by atoms with Crippen LogP contribution in [0, 0.1) is 0 Å². The lowest BCUT2D eigenvalue weighted by atomic mass is 10.2. The maximum atomic E-state index is 12.4. The number of carbonyl (C=O) groups excluding carboxylic acids is 1. The first-order valence-electron chi connectivity index (χ1n) is 7.61. The Labute approximate surface area is 127 Å². The number of nitrogen functional groups attached to an aromatic ring is 1. The molecule has 0 aliphatic carbocycles. The van der Waals surface area contributed by atoms with Crippen molar-refractivity contribution in [2.75, 3.05) is 52.0 Å². The van der Waals surface area contributed by atoms with Gasteiger partial charge < -0.3 is 15.5 Å². The number of likely N-dealkylation sites (N-methyl/N-ethyl adjacent to an activating group) is 2. The smallest absolute Gasteiger partial charge is 0.236 e. The molecule has 1 aliphatic rings. The molecule has 0 bridgehead atoms. The molecule has 21 heavy (non-hydrogen) atoms. The van der Waals surface area contributed by atoms with Gasteiger partial charge in [-0.15, -0.1) is 0 Å². The van der Waals surface area contributed by atoms with Crippen molar-refractivity contribution in [3.8, 4) is 0 Å². The zero-order valence-electron chi connectivity index (χ0n) is 13.1. The Morgan fingerprint density at radius 2 is 1.81 bits per heavy atom. The van der Waals surface area contributed by atoms with Crippen LogP contribution in [0.5, 0.6) is 0 Å². The Balaban J connectivity index is 1.86. The summed E-state index contributed by atoms with van der Waals surface area (Å²) >= 11 is 0. The van der Waals surface area contributed by atoms with E-state index in [-0.39, 0.29) is 5.91 Å². The van der Waals surface area contributed by atoms with E-state index in [1.54, 1.807) is 0 Å². The number of hydrogen-bond acceptors (Lipinski definition) is 4. The fourth-order valence-electron chi connectivity index (χ4n) is 2.51. The van der Waals surface area contributed by atoms with E-state index in [1.165, 1.54) is 5.56 Å². The molecule has 1 heterocycles. The van der Waals surface area contributed by atoms with Gasteiger partial charge in [0.15, 0.2) is 0 Å². The molecule has 116 valence electrons. The standard InChI is InChI=1S/C16H26N4O/c1-3-19(12-14-4-6-15(17)7-5-14)13-16(21)20-10-8-18(2)9-11-20/h4-7H,3,8-13,17H2,1-2H3. The summed E-state index contributed by atoms with van der Waals surface area (Å²) in [6.07, 6.45) is 0. The van der Waals surface area contributed by atoms with Crippen LogP contribution in [0.25, 0.3) is 0 Å². The summed E-state index contributed by atoms with van der Waals surface area (Å²) in [7, 11) is 2.10. The van der Waals surface area contributed by atoms with Crippen molar-refractivity contribution in [3.63, 3.8) is 0 Å². The quantitative estimate of drug-likeness (QED) is 0.818. The molecule has 1 fully saturated rings. The van der Waals surface area contributed by atoms with Crippen LogP contribution in [-0.4, -0.2) is 66.9 Å². The minimum absolute atomic E-state index is 0.236. The molecule has 0 aromatic heterocycles. The number of hydrogen-bond donors (Lipinski definition) is 1. The van der Waals surface area contributed by atoms with E-state index in [1.807, 2.05) is 29.2 Å². The minimum Gasteiger partial charge on any atom is -0.399 e. The van der Waals surface area contributed by atoms with E-state index in [0.717, 1.165) is 45.0 Å². The number of rotatable bonds is 5. The first kappa shape index (κ1) is 15.8. The fraction of sp³-hybridized carbons (Fsp3) is 0.562. The van der Waals surface area contributed by atoms with E-state index in [2.05, 4.69) is 23.8 Å². The second-order valence-electron chi connectivity index (χ2n) is 5.73. The molecule has 1 amide bonds. The second kappa shape index (κ2) is 7.43. The van der Waals surface area contributed by atoms with Gasteiger partial charge >= 0.3 is 0 Å². The zero-order chi connectivity index (χ0) is 15.2. The number of piperazine rings is 1. The third-order valence-corrected chi connectivity index (χ3v) is 4.05. The predicted octanol–water partition coefficient (Wildman–Crippen LogP) is 0.865. The number of carbonyl (C=O) groups is 1. The number of nitrogens with zero attached hydrogens (tertiary/aromatic N) is 3. The van der Waals surface area contributed by atoms with Crippen molar-refractivity contribution < 1.29 is 4.79 Å². The Hall–Kier alpha value is -1.59. The molecule has 1 aromatic carbocycles. The molecule has 1 aliphatic heterocycles. The molecule has 0 saturated carbocycles. The van der Waals surface area contributed by atoms with Crippen molar-refractivity contribution in [2.24, 2.45) is 0 Å². The molecule has 1 saturated heterocycles. The fourth-order valence-corrected chi connectivity index (χ4v) is 2.51. The Bertz CT molecular complexity index is 452. The van der Waals surface area contributed by atoms with Gasteiger partial charge in [-0.3, -0.25) is 9.69 Å². The first-order chi connectivity index (χ1) is 10.1. The molecule has 2 N–H and O–H groups in total. The number of benzene rings is 1. The highest BCUT2D eigenvalue weighted by molar-refractivity contribution is 5.78. The first-order valence-corrected chi connectivity index (χ1v) is 7.61. The Morgan fingerprint density at radius 1 is 1.19 bits per heavy atom. The summed E-state index contributed by atoms with van der Waals surface area (Å²) in [4.78, 5) is 18.8. The van der Waals surface area contributed by atoms with Crippen LogP contribution in [0.3, 0.4) is 0 Å². The van der Waals surface area contributed by atoms with Crippen LogP contribution in [0.1, 0.15) is 12.5 Å². The lowest BCUT2D eigenvalue weighted by Gasteiger charge is -2.33. The van der Waals surface area contributed by atoms with Crippen molar-refractivity contribution in [2.45, 2.75) is 13.5 Å². The summed E-state index contributed by atoms with van der Waals surface area (Å²) in [5.41, 5.74) is 7.67. The molecule has 2 rings (SSSR count). The van der Waals surface area contributed by atoms with E-state index in [0.29, 0.717) is 6.54 Å². The van der Waals surface area contributed by atoms with E-state index in [4.69, 9.17) is 5.73 Å². The topological polar surface area (TPSA) is 52.8 Å². The normalized spacial score (nSPS) is 16.4. The van der Waals surface area contributed by atoms with Crippen molar-refractivity contribution >= 4 is 11.6 Å². The lowest BCUT2D eigenvalue weighted by molar-refractivity contribution is -0.134. The van der Waals surface area contributed by atoms with Crippen LogP contribution in [0.2, 0.25) is 0 Å². The minimum atomic E-state index is 0.236. The van der Waals surface area contributed by atoms with Crippen molar-refractivity contribution in [3.05, 3.63) is 29.8 Å². The number of anilines is 1. The number of nitrogens with two attached hydrogens (primary N) is 1. The third-order valence-electron chi connectivity index (χ3n) is 4.05. The summed E-state index contributed by atoms with van der Waals surface area (Å²) in [6.45, 7) is 7.86. The molecule has 0 unspecified atom stereocenters. The van der Waals surface area contributed by atoms with Crippen LogP contribution >= 0.6 is 0 Å². The van der Waals surface area contributed by atoms with Gasteiger partial charge in [-0.25, -0.2) is 0 Å².